The molecule has 2 heterocycles. The summed E-state index contributed by atoms with van der Waals surface area (Å²) < 4.78 is 5.35. The second kappa shape index (κ2) is 7.09. The number of ether oxygens (including phenoxy) is 1. The Labute approximate surface area is 141 Å². The molecular formula is C17H24N4O3. The van der Waals surface area contributed by atoms with Crippen molar-refractivity contribution in [3.05, 3.63) is 23.8 Å². The highest BCUT2D eigenvalue weighted by Crippen LogP contribution is 2.30. The highest BCUT2D eigenvalue weighted by Gasteiger charge is 2.27. The van der Waals surface area contributed by atoms with Crippen molar-refractivity contribution in [1.29, 1.82) is 0 Å². The van der Waals surface area contributed by atoms with Crippen LogP contribution in [0, 0.1) is 5.92 Å². The number of nitrogens with one attached hydrogen (secondary N) is 3. The minimum absolute atomic E-state index is 0.114. The fourth-order valence-electron chi connectivity index (χ4n) is 3.22. The number of hydrogen-bond acceptors (Lipinski definition) is 4. The minimum Gasteiger partial charge on any atom is -0.495 e. The lowest BCUT2D eigenvalue weighted by molar-refractivity contribution is 0.0914. The van der Waals surface area contributed by atoms with Crippen LogP contribution in [0.15, 0.2) is 18.2 Å². The monoisotopic (exact) mass is 332 g/mol. The van der Waals surface area contributed by atoms with Crippen LogP contribution in [0.1, 0.15) is 23.7 Å². The van der Waals surface area contributed by atoms with Crippen LogP contribution in [0.2, 0.25) is 0 Å². The van der Waals surface area contributed by atoms with E-state index < -0.39 is 0 Å². The number of urea groups is 1. The van der Waals surface area contributed by atoms with Gasteiger partial charge in [-0.05, 0) is 43.6 Å². The van der Waals surface area contributed by atoms with Crippen molar-refractivity contribution >= 4 is 17.6 Å². The number of rotatable bonds is 4. The lowest BCUT2D eigenvalue weighted by atomic mass is 9.95. The first-order valence-electron chi connectivity index (χ1n) is 8.35. The quantitative estimate of drug-likeness (QED) is 0.767. The third-order valence-electron chi connectivity index (χ3n) is 4.69. The Kier molecular flexibility index (Phi) is 4.89. The maximum Gasteiger partial charge on any atom is 0.322 e. The van der Waals surface area contributed by atoms with Gasteiger partial charge in [-0.15, -0.1) is 0 Å². The van der Waals surface area contributed by atoms with Crippen LogP contribution in [-0.2, 0) is 0 Å². The topological polar surface area (TPSA) is 82.7 Å². The van der Waals surface area contributed by atoms with Crippen LogP contribution < -0.4 is 25.6 Å². The number of anilines is 1. The highest BCUT2D eigenvalue weighted by molar-refractivity contribution is 6.00. The summed E-state index contributed by atoms with van der Waals surface area (Å²) >= 11 is 0. The molecule has 2 aliphatic heterocycles. The molecule has 2 fully saturated rings. The summed E-state index contributed by atoms with van der Waals surface area (Å²) in [5.41, 5.74) is 1.16. The number of piperidine rings is 1. The molecule has 7 nitrogen and oxygen atoms in total. The largest absolute Gasteiger partial charge is 0.495 e. The molecule has 1 aromatic rings. The van der Waals surface area contributed by atoms with Crippen molar-refractivity contribution in [3.8, 4) is 5.75 Å². The van der Waals surface area contributed by atoms with Gasteiger partial charge in [-0.3, -0.25) is 9.69 Å². The molecule has 2 aliphatic rings. The lowest BCUT2D eigenvalue weighted by Crippen LogP contribution is -2.48. The fraction of sp³-hybridized carbons (Fsp3) is 0.529. The van der Waals surface area contributed by atoms with Gasteiger partial charge < -0.3 is 20.7 Å². The van der Waals surface area contributed by atoms with E-state index in [1.807, 2.05) is 0 Å². The third kappa shape index (κ3) is 3.31. The molecule has 3 rings (SSSR count). The summed E-state index contributed by atoms with van der Waals surface area (Å²) in [4.78, 5) is 26.2. The zero-order valence-corrected chi connectivity index (χ0v) is 14.1. The predicted octanol–water partition coefficient (Wildman–Crippen LogP) is 0.953. The van der Waals surface area contributed by atoms with Crippen LogP contribution in [-0.4, -0.2) is 51.3 Å². The van der Waals surface area contributed by atoms with E-state index >= 15 is 0 Å². The van der Waals surface area contributed by atoms with E-state index in [1.165, 1.54) is 0 Å². The van der Waals surface area contributed by atoms with E-state index in [9.17, 15) is 9.59 Å². The lowest BCUT2D eigenvalue weighted by Gasteiger charge is -2.30. The van der Waals surface area contributed by atoms with Crippen LogP contribution in [0.4, 0.5) is 10.5 Å². The van der Waals surface area contributed by atoms with Gasteiger partial charge in [-0.1, -0.05) is 6.92 Å². The molecule has 24 heavy (non-hydrogen) atoms. The van der Waals surface area contributed by atoms with Crippen molar-refractivity contribution in [1.82, 2.24) is 16.0 Å². The van der Waals surface area contributed by atoms with Crippen LogP contribution in [0.3, 0.4) is 0 Å². The summed E-state index contributed by atoms with van der Waals surface area (Å²) in [5, 5.41) is 9.20. The maximum absolute atomic E-state index is 12.6. The van der Waals surface area contributed by atoms with E-state index in [0.717, 1.165) is 19.5 Å². The molecule has 130 valence electrons. The van der Waals surface area contributed by atoms with E-state index in [0.29, 0.717) is 36.0 Å². The Morgan fingerprint density at radius 1 is 1.38 bits per heavy atom. The van der Waals surface area contributed by atoms with Crippen molar-refractivity contribution in [3.63, 3.8) is 0 Å². The predicted molar refractivity (Wildman–Crippen MR) is 91.6 cm³/mol. The van der Waals surface area contributed by atoms with Crippen molar-refractivity contribution in [2.75, 3.05) is 38.2 Å². The molecule has 7 heteroatoms. The highest BCUT2D eigenvalue weighted by atomic mass is 16.5. The van der Waals surface area contributed by atoms with E-state index in [-0.39, 0.29) is 18.0 Å². The number of carbonyl (C=O) groups excluding carboxylic acids is 2. The molecule has 0 saturated carbocycles. The van der Waals surface area contributed by atoms with Gasteiger partial charge in [0.2, 0.25) is 0 Å². The molecule has 0 radical (unpaired) electrons. The third-order valence-corrected chi connectivity index (χ3v) is 4.69. The zero-order chi connectivity index (χ0) is 17.1. The zero-order valence-electron chi connectivity index (χ0n) is 14.1. The molecule has 0 aromatic heterocycles. The molecule has 2 unspecified atom stereocenters. The molecule has 1 aromatic carbocycles. The fourth-order valence-corrected chi connectivity index (χ4v) is 3.22. The first-order chi connectivity index (χ1) is 11.6. The summed E-state index contributed by atoms with van der Waals surface area (Å²) in [5.74, 6) is 0.862. The summed E-state index contributed by atoms with van der Waals surface area (Å²) in [6.07, 6.45) is 0.921. The first-order valence-corrected chi connectivity index (χ1v) is 8.35. The molecule has 0 spiro atoms. The summed E-state index contributed by atoms with van der Waals surface area (Å²) in [6, 6.07) is 5.20. The second-order valence-electron chi connectivity index (χ2n) is 6.32. The SMILES string of the molecule is COc1ccc(C(=O)NC2CCNCC2C)cc1N1CCNC1=O. The molecule has 3 amide bonds. The normalized spacial score (nSPS) is 23.8. The molecule has 0 aliphatic carbocycles. The number of carbonyl (C=O) groups is 2. The maximum atomic E-state index is 12.6. The molecule has 2 atom stereocenters. The number of methoxy groups -OCH3 is 1. The van der Waals surface area contributed by atoms with Gasteiger partial charge in [0.05, 0.1) is 12.8 Å². The van der Waals surface area contributed by atoms with E-state index in [2.05, 4.69) is 22.9 Å². The Morgan fingerprint density at radius 2 is 2.21 bits per heavy atom. The van der Waals surface area contributed by atoms with Crippen molar-refractivity contribution in [2.24, 2.45) is 5.92 Å². The van der Waals surface area contributed by atoms with Gasteiger partial charge in [-0.2, -0.15) is 0 Å². The molecule has 0 bridgehead atoms. The van der Waals surface area contributed by atoms with E-state index in [4.69, 9.17) is 4.74 Å². The van der Waals surface area contributed by atoms with Crippen molar-refractivity contribution in [2.45, 2.75) is 19.4 Å². The summed E-state index contributed by atoms with van der Waals surface area (Å²) in [6.45, 7) is 5.10. The number of benzene rings is 1. The first kappa shape index (κ1) is 16.6. The van der Waals surface area contributed by atoms with Crippen LogP contribution in [0.25, 0.3) is 0 Å². The average molecular weight is 332 g/mol. The number of amides is 3. The Hall–Kier alpha value is -2.28. The van der Waals surface area contributed by atoms with Crippen LogP contribution >= 0.6 is 0 Å². The summed E-state index contributed by atoms with van der Waals surface area (Å²) in [7, 11) is 1.56. The molecule has 2 saturated heterocycles. The minimum atomic E-state index is -0.169. The van der Waals surface area contributed by atoms with Gasteiger partial charge in [-0.25, -0.2) is 4.79 Å². The molecular weight excluding hydrogens is 308 g/mol. The van der Waals surface area contributed by atoms with Crippen LogP contribution in [0.5, 0.6) is 5.75 Å². The number of hydrogen-bond donors (Lipinski definition) is 3. The van der Waals surface area contributed by atoms with Gasteiger partial charge in [0.25, 0.3) is 5.91 Å². The van der Waals surface area contributed by atoms with Gasteiger partial charge >= 0.3 is 6.03 Å². The standard InChI is InChI=1S/C17H24N4O3/c1-11-10-18-6-5-13(11)20-16(22)12-3-4-15(24-2)14(9-12)21-8-7-19-17(21)23/h3-4,9,11,13,18H,5-8,10H2,1-2H3,(H,19,23)(H,20,22). The Bertz CT molecular complexity index is 634. The average Bonchev–Trinajstić information content (AvgIpc) is 3.02. The van der Waals surface area contributed by atoms with Gasteiger partial charge in [0, 0.05) is 24.7 Å². The second-order valence-corrected chi connectivity index (χ2v) is 6.32. The van der Waals surface area contributed by atoms with E-state index in [1.54, 1.807) is 30.2 Å². The Balaban J connectivity index is 1.80. The van der Waals surface area contributed by atoms with Gasteiger partial charge in [0.1, 0.15) is 5.75 Å². The van der Waals surface area contributed by atoms with Gasteiger partial charge in [0.15, 0.2) is 0 Å². The smallest absolute Gasteiger partial charge is 0.322 e. The van der Waals surface area contributed by atoms with Crippen molar-refractivity contribution < 1.29 is 14.3 Å². The molecule has 3 N–H and O–H groups in total. The Morgan fingerprint density at radius 3 is 2.88 bits per heavy atom. The number of nitrogens with zero attached hydrogens (tertiary/aromatic N) is 1.